The number of esters is 1. The highest BCUT2D eigenvalue weighted by molar-refractivity contribution is 6.17. The number of hydrogen-bond donors (Lipinski definition) is 0. The third-order valence-electron chi connectivity index (χ3n) is 3.45. The molecule has 0 aliphatic rings. The molecule has 0 heterocycles. The Labute approximate surface area is 130 Å². The van der Waals surface area contributed by atoms with Gasteiger partial charge in [0.15, 0.2) is 5.78 Å². The van der Waals surface area contributed by atoms with Gasteiger partial charge in [-0.3, -0.25) is 4.79 Å². The zero-order chi connectivity index (χ0) is 15.9. The molecule has 0 fully saturated rings. The molecule has 3 nitrogen and oxygen atoms in total. The van der Waals surface area contributed by atoms with Crippen LogP contribution in [-0.2, 0) is 16.0 Å². The summed E-state index contributed by atoms with van der Waals surface area (Å²) in [5.41, 5.74) is 2.69. The molecule has 0 N–H and O–H groups in total. The minimum Gasteiger partial charge on any atom is -0.465 e. The third-order valence-corrected chi connectivity index (χ3v) is 3.45. The van der Waals surface area contributed by atoms with Crippen LogP contribution in [0.1, 0.15) is 28.4 Å². The lowest BCUT2D eigenvalue weighted by molar-refractivity contribution is -0.133. The fourth-order valence-electron chi connectivity index (χ4n) is 2.33. The molecule has 0 spiro atoms. The number of carbonyl (C=O) groups excluding carboxylic acids is 2. The summed E-state index contributed by atoms with van der Waals surface area (Å²) in [5, 5.41) is 0. The van der Waals surface area contributed by atoms with E-state index < -0.39 is 5.97 Å². The van der Waals surface area contributed by atoms with Crippen molar-refractivity contribution in [2.24, 2.45) is 0 Å². The molecule has 0 saturated heterocycles. The molecule has 0 aliphatic carbocycles. The zero-order valence-corrected chi connectivity index (χ0v) is 12.7. The molecule has 0 amide bonds. The molecule has 2 aromatic rings. The first-order chi connectivity index (χ1) is 10.7. The van der Waals surface area contributed by atoms with Crippen molar-refractivity contribution in [1.29, 1.82) is 0 Å². The number of ether oxygens (including phenoxy) is 1. The van der Waals surface area contributed by atoms with Crippen molar-refractivity contribution in [3.8, 4) is 0 Å². The number of benzene rings is 2. The Hall–Kier alpha value is -2.68. The van der Waals surface area contributed by atoms with E-state index >= 15 is 0 Å². The molecule has 2 rings (SSSR count). The lowest BCUT2D eigenvalue weighted by Gasteiger charge is -2.11. The summed E-state index contributed by atoms with van der Waals surface area (Å²) in [6.45, 7) is 1.78. The third kappa shape index (κ3) is 3.50. The summed E-state index contributed by atoms with van der Waals surface area (Å²) in [5.74, 6) is -0.379. The molecule has 0 bridgehead atoms. The van der Waals surface area contributed by atoms with Crippen molar-refractivity contribution in [1.82, 2.24) is 0 Å². The van der Waals surface area contributed by atoms with Crippen molar-refractivity contribution < 1.29 is 14.3 Å². The number of methoxy groups -OCH3 is 1. The van der Waals surface area contributed by atoms with E-state index in [-0.39, 0.29) is 12.2 Å². The van der Waals surface area contributed by atoms with Gasteiger partial charge in [-0.25, -0.2) is 4.79 Å². The quantitative estimate of drug-likeness (QED) is 0.480. The van der Waals surface area contributed by atoms with E-state index in [1.54, 1.807) is 25.1 Å². The van der Waals surface area contributed by atoms with Crippen LogP contribution in [-0.4, -0.2) is 18.9 Å². The second-order valence-electron chi connectivity index (χ2n) is 4.82. The summed E-state index contributed by atoms with van der Waals surface area (Å²) in [7, 11) is 1.35. The predicted molar refractivity (Wildman–Crippen MR) is 86.6 cm³/mol. The predicted octanol–water partition coefficient (Wildman–Crippen LogP) is 3.69. The minimum absolute atomic E-state index is 0.0216. The van der Waals surface area contributed by atoms with Gasteiger partial charge in [0.2, 0.25) is 0 Å². The van der Waals surface area contributed by atoms with Crippen LogP contribution in [0.15, 0.2) is 60.7 Å². The molecule has 0 aliphatic heterocycles. The van der Waals surface area contributed by atoms with Crippen molar-refractivity contribution in [2.75, 3.05) is 7.11 Å². The molecule has 112 valence electrons. The maximum atomic E-state index is 12.4. The molecule has 0 atom stereocenters. The van der Waals surface area contributed by atoms with Gasteiger partial charge in [0.25, 0.3) is 0 Å². The number of Topliss-reactive ketones (excluding diaryl/α,β-unsaturated/α-hetero) is 1. The van der Waals surface area contributed by atoms with Gasteiger partial charge < -0.3 is 4.74 Å². The molecule has 3 heteroatoms. The van der Waals surface area contributed by atoms with Crippen molar-refractivity contribution >= 4 is 17.3 Å². The first-order valence-electron chi connectivity index (χ1n) is 7.08. The molecule has 22 heavy (non-hydrogen) atoms. The van der Waals surface area contributed by atoms with Gasteiger partial charge in [0, 0.05) is 12.0 Å². The minimum atomic E-state index is -0.401. The number of hydrogen-bond acceptors (Lipinski definition) is 3. The molecular weight excluding hydrogens is 276 g/mol. The van der Waals surface area contributed by atoms with Gasteiger partial charge >= 0.3 is 5.97 Å². The van der Waals surface area contributed by atoms with E-state index in [4.69, 9.17) is 4.74 Å². The molecule has 0 radical (unpaired) electrons. The average Bonchev–Trinajstić information content (AvgIpc) is 2.57. The highest BCUT2D eigenvalue weighted by Gasteiger charge is 2.17. The van der Waals surface area contributed by atoms with Crippen LogP contribution < -0.4 is 0 Å². The largest absolute Gasteiger partial charge is 0.465 e. The van der Waals surface area contributed by atoms with Gasteiger partial charge in [0.1, 0.15) is 0 Å². The Morgan fingerprint density at radius 1 is 1.00 bits per heavy atom. The summed E-state index contributed by atoms with van der Waals surface area (Å²) >= 11 is 0. The van der Waals surface area contributed by atoms with Gasteiger partial charge in [-0.05, 0) is 18.1 Å². The molecule has 2 aromatic carbocycles. The second-order valence-corrected chi connectivity index (χ2v) is 4.82. The topological polar surface area (TPSA) is 43.4 Å². The van der Waals surface area contributed by atoms with Crippen LogP contribution in [0.4, 0.5) is 0 Å². The first-order valence-corrected chi connectivity index (χ1v) is 7.08. The Morgan fingerprint density at radius 2 is 1.64 bits per heavy atom. The van der Waals surface area contributed by atoms with E-state index in [2.05, 4.69) is 0 Å². The average molecular weight is 294 g/mol. The van der Waals surface area contributed by atoms with Gasteiger partial charge in [-0.15, -0.1) is 0 Å². The Kier molecular flexibility index (Phi) is 5.26. The summed E-state index contributed by atoms with van der Waals surface area (Å²) in [4.78, 5) is 24.3. The molecule has 0 saturated carbocycles. The van der Waals surface area contributed by atoms with Crippen molar-refractivity contribution in [2.45, 2.75) is 13.3 Å². The van der Waals surface area contributed by atoms with Crippen LogP contribution in [0.25, 0.3) is 5.57 Å². The smallest absolute Gasteiger partial charge is 0.338 e. The molecule has 0 aromatic heterocycles. The van der Waals surface area contributed by atoms with Crippen molar-refractivity contribution in [3.63, 3.8) is 0 Å². The van der Waals surface area contributed by atoms with E-state index in [0.717, 1.165) is 11.1 Å². The summed E-state index contributed by atoms with van der Waals surface area (Å²) in [6.07, 6.45) is 1.95. The summed E-state index contributed by atoms with van der Waals surface area (Å²) < 4.78 is 4.81. The van der Waals surface area contributed by atoms with Crippen LogP contribution >= 0.6 is 0 Å². The second kappa shape index (κ2) is 7.36. The number of rotatable bonds is 5. The van der Waals surface area contributed by atoms with Crippen LogP contribution in [0.3, 0.4) is 0 Å². The lowest BCUT2D eigenvalue weighted by Crippen LogP contribution is -2.09. The fourth-order valence-corrected chi connectivity index (χ4v) is 2.33. The molecular formula is C19H18O3. The summed E-state index contributed by atoms with van der Waals surface area (Å²) in [6, 6.07) is 16.5. The van der Waals surface area contributed by atoms with Gasteiger partial charge in [0.05, 0.1) is 12.7 Å². The van der Waals surface area contributed by atoms with Crippen LogP contribution in [0, 0.1) is 0 Å². The highest BCUT2D eigenvalue weighted by atomic mass is 16.5. The number of allylic oxidation sites excluding steroid dienone is 1. The number of ketones is 1. The standard InChI is InChI=1S/C19H18O3/c1-3-16(19(21)22-2)17-12-8-7-11-15(17)13-18(20)14-9-5-4-6-10-14/h3-12H,13H2,1-2H3. The Balaban J connectivity index is 2.33. The maximum Gasteiger partial charge on any atom is 0.338 e. The van der Waals surface area contributed by atoms with E-state index in [1.165, 1.54) is 7.11 Å². The normalized spacial score (nSPS) is 11.1. The Bertz CT molecular complexity index is 700. The van der Waals surface area contributed by atoms with E-state index in [0.29, 0.717) is 11.1 Å². The van der Waals surface area contributed by atoms with Crippen LogP contribution in [0.2, 0.25) is 0 Å². The van der Waals surface area contributed by atoms with Crippen molar-refractivity contribution in [3.05, 3.63) is 77.4 Å². The van der Waals surface area contributed by atoms with Gasteiger partial charge in [-0.2, -0.15) is 0 Å². The number of carbonyl (C=O) groups is 2. The lowest BCUT2D eigenvalue weighted by atomic mass is 9.94. The SMILES string of the molecule is CC=C(C(=O)OC)c1ccccc1CC(=O)c1ccccc1. The van der Waals surface area contributed by atoms with E-state index in [1.807, 2.05) is 42.5 Å². The molecule has 0 unspecified atom stereocenters. The fraction of sp³-hybridized carbons (Fsp3) is 0.158. The highest BCUT2D eigenvalue weighted by Crippen LogP contribution is 2.22. The van der Waals surface area contributed by atoms with Crippen LogP contribution in [0.5, 0.6) is 0 Å². The zero-order valence-electron chi connectivity index (χ0n) is 12.7. The Morgan fingerprint density at radius 3 is 2.27 bits per heavy atom. The monoisotopic (exact) mass is 294 g/mol. The van der Waals surface area contributed by atoms with Gasteiger partial charge in [-0.1, -0.05) is 60.7 Å². The van der Waals surface area contributed by atoms with E-state index in [9.17, 15) is 9.59 Å². The first kappa shape index (κ1) is 15.7. The maximum absolute atomic E-state index is 12.4.